The molecule has 1 unspecified atom stereocenters. The molecule has 2 heterocycles. The Bertz CT molecular complexity index is 1120. The number of nitrogens with two attached hydrogens (primary N) is 1. The highest BCUT2D eigenvalue weighted by atomic mass is 16.4. The van der Waals surface area contributed by atoms with E-state index in [4.69, 9.17) is 11.1 Å². The lowest BCUT2D eigenvalue weighted by Crippen LogP contribution is -2.46. The third kappa shape index (κ3) is 3.66. The molecule has 3 aliphatic carbocycles. The quantitative estimate of drug-likeness (QED) is 0.554. The second-order valence-electron chi connectivity index (χ2n) is 8.84. The van der Waals surface area contributed by atoms with E-state index in [-0.39, 0.29) is 29.3 Å². The minimum Gasteiger partial charge on any atom is -0.481 e. The van der Waals surface area contributed by atoms with Gasteiger partial charge in [0.1, 0.15) is 17.4 Å². The predicted octanol–water partition coefficient (Wildman–Crippen LogP) is 3.42. The molecule has 2 aromatic rings. The first-order valence-electron chi connectivity index (χ1n) is 11.1. The molecule has 2 atom stereocenters. The third-order valence-corrected chi connectivity index (χ3v) is 7.09. The third-order valence-electron chi connectivity index (χ3n) is 7.09. The Morgan fingerprint density at radius 2 is 1.84 bits per heavy atom. The first kappa shape index (κ1) is 20.4. The van der Waals surface area contributed by atoms with E-state index in [1.807, 2.05) is 36.4 Å². The van der Waals surface area contributed by atoms with Crippen molar-refractivity contribution in [2.24, 2.45) is 34.4 Å². The van der Waals surface area contributed by atoms with Crippen LogP contribution in [-0.4, -0.2) is 39.1 Å². The highest BCUT2D eigenvalue weighted by Crippen LogP contribution is 2.49. The molecular formula is C24H26N6O2. The Labute approximate surface area is 186 Å². The lowest BCUT2D eigenvalue weighted by atomic mass is 9.58. The lowest BCUT2D eigenvalue weighted by Gasteiger charge is -2.46. The largest absolute Gasteiger partial charge is 0.481 e. The van der Waals surface area contributed by atoms with Crippen LogP contribution in [0.3, 0.4) is 0 Å². The first-order valence-corrected chi connectivity index (χ1v) is 11.1. The van der Waals surface area contributed by atoms with Crippen molar-refractivity contribution in [2.75, 3.05) is 11.9 Å². The number of hydrogen-bond donors (Lipinski definition) is 4. The number of benzene rings is 1. The van der Waals surface area contributed by atoms with Gasteiger partial charge in [0.05, 0.1) is 17.2 Å². The summed E-state index contributed by atoms with van der Waals surface area (Å²) >= 11 is 0. The molecule has 6 rings (SSSR count). The molecule has 2 bridgehead atoms. The number of nitrogens with one attached hydrogen (secondary N) is 2. The second kappa shape index (κ2) is 8.18. The number of anilines is 1. The van der Waals surface area contributed by atoms with E-state index in [1.165, 1.54) is 6.20 Å². The SMILES string of the molecule is N=C1C(c2nc(NCC3C4CCC(CC4)[C@@H]3C(=O)O)cc(-c3ccccc3)n2)=CN=C1N. The van der Waals surface area contributed by atoms with Crippen molar-refractivity contribution in [3.05, 3.63) is 48.4 Å². The molecule has 8 heteroatoms. The minimum atomic E-state index is -0.684. The number of rotatable bonds is 6. The maximum Gasteiger partial charge on any atom is 0.307 e. The van der Waals surface area contributed by atoms with Gasteiger partial charge in [-0.3, -0.25) is 10.2 Å². The fraction of sp³-hybridized carbons (Fsp3) is 0.375. The van der Waals surface area contributed by atoms with Crippen LogP contribution in [-0.2, 0) is 4.79 Å². The van der Waals surface area contributed by atoms with Gasteiger partial charge in [0, 0.05) is 24.4 Å². The predicted molar refractivity (Wildman–Crippen MR) is 123 cm³/mol. The molecule has 0 radical (unpaired) electrons. The summed E-state index contributed by atoms with van der Waals surface area (Å²) in [5, 5.41) is 21.5. The number of nitrogens with zero attached hydrogens (tertiary/aromatic N) is 3. The molecule has 8 nitrogen and oxygen atoms in total. The Balaban J connectivity index is 1.45. The maximum atomic E-state index is 12.0. The summed E-state index contributed by atoms with van der Waals surface area (Å²) in [5.41, 5.74) is 8.01. The number of fused-ring (bicyclic) bond motifs is 3. The number of aliphatic imine (C=N–C) groups is 1. The summed E-state index contributed by atoms with van der Waals surface area (Å²) in [5.74, 6) is 0.936. The number of hydrogen-bond acceptors (Lipinski definition) is 7. The molecule has 1 aromatic heterocycles. The van der Waals surface area contributed by atoms with Gasteiger partial charge >= 0.3 is 5.97 Å². The topological polar surface area (TPSA) is 137 Å². The molecule has 0 saturated heterocycles. The van der Waals surface area contributed by atoms with Gasteiger partial charge in [-0.25, -0.2) is 15.0 Å². The smallest absolute Gasteiger partial charge is 0.307 e. The zero-order valence-electron chi connectivity index (χ0n) is 17.7. The van der Waals surface area contributed by atoms with Crippen LogP contribution in [0.2, 0.25) is 0 Å². The number of carbonyl (C=O) groups is 1. The van der Waals surface area contributed by atoms with Gasteiger partial charge < -0.3 is 16.2 Å². The number of aromatic nitrogens is 2. The van der Waals surface area contributed by atoms with Crippen molar-refractivity contribution >= 4 is 28.9 Å². The summed E-state index contributed by atoms with van der Waals surface area (Å²) in [4.78, 5) is 25.3. The summed E-state index contributed by atoms with van der Waals surface area (Å²) in [7, 11) is 0. The molecule has 3 saturated carbocycles. The van der Waals surface area contributed by atoms with Crippen molar-refractivity contribution in [2.45, 2.75) is 25.7 Å². The zero-order chi connectivity index (χ0) is 22.2. The van der Waals surface area contributed by atoms with Gasteiger partial charge in [-0.1, -0.05) is 30.3 Å². The fourth-order valence-electron chi connectivity index (χ4n) is 5.46. The summed E-state index contributed by atoms with van der Waals surface area (Å²) < 4.78 is 0. The minimum absolute atomic E-state index is 0.0848. The van der Waals surface area contributed by atoms with Crippen molar-refractivity contribution in [3.63, 3.8) is 0 Å². The Morgan fingerprint density at radius 1 is 1.12 bits per heavy atom. The van der Waals surface area contributed by atoms with Crippen molar-refractivity contribution < 1.29 is 9.90 Å². The molecule has 3 fully saturated rings. The average Bonchev–Trinajstić information content (AvgIpc) is 3.16. The maximum absolute atomic E-state index is 12.0. The van der Waals surface area contributed by atoms with Crippen LogP contribution < -0.4 is 11.1 Å². The Morgan fingerprint density at radius 3 is 2.50 bits per heavy atom. The van der Waals surface area contributed by atoms with Gasteiger partial charge in [-0.2, -0.15) is 0 Å². The molecular weight excluding hydrogens is 404 g/mol. The van der Waals surface area contributed by atoms with E-state index in [0.717, 1.165) is 36.9 Å². The summed E-state index contributed by atoms with van der Waals surface area (Å²) in [6, 6.07) is 11.6. The van der Waals surface area contributed by atoms with E-state index in [0.29, 0.717) is 29.7 Å². The molecule has 0 spiro atoms. The average molecular weight is 431 g/mol. The van der Waals surface area contributed by atoms with Gasteiger partial charge in [0.2, 0.25) is 0 Å². The molecule has 32 heavy (non-hydrogen) atoms. The van der Waals surface area contributed by atoms with Gasteiger partial charge in [-0.15, -0.1) is 0 Å². The zero-order valence-corrected chi connectivity index (χ0v) is 17.7. The normalized spacial score (nSPS) is 26.6. The van der Waals surface area contributed by atoms with Crippen molar-refractivity contribution in [1.29, 1.82) is 5.41 Å². The van der Waals surface area contributed by atoms with Gasteiger partial charge in [0.15, 0.2) is 5.82 Å². The van der Waals surface area contributed by atoms with Crippen LogP contribution in [0.25, 0.3) is 16.8 Å². The van der Waals surface area contributed by atoms with E-state index in [9.17, 15) is 9.90 Å². The molecule has 164 valence electrons. The number of carboxylic acids is 1. The molecule has 5 N–H and O–H groups in total. The van der Waals surface area contributed by atoms with Gasteiger partial charge in [-0.05, 0) is 43.4 Å². The van der Waals surface area contributed by atoms with E-state index >= 15 is 0 Å². The Hall–Kier alpha value is -3.55. The highest BCUT2D eigenvalue weighted by Gasteiger charge is 2.46. The molecule has 1 aromatic carbocycles. The first-order chi connectivity index (χ1) is 15.5. The van der Waals surface area contributed by atoms with Crippen LogP contribution >= 0.6 is 0 Å². The lowest BCUT2D eigenvalue weighted by molar-refractivity contribution is -0.151. The standard InChI is InChI=1S/C24H26N6O2/c25-21-17(12-28-22(21)26)23-29-18(14-4-2-1-3-5-14)10-19(30-23)27-11-16-13-6-8-15(9-7-13)20(16)24(31)32/h1-5,10,12-13,15-16,20H,6-9,11H2,(H,31,32)(H3,25,26,28)(H,27,29,30)/t13?,15?,16?,20-/m0/s1. The monoisotopic (exact) mass is 430 g/mol. The molecule has 0 amide bonds. The van der Waals surface area contributed by atoms with Crippen LogP contribution in [0, 0.1) is 29.1 Å². The van der Waals surface area contributed by atoms with Crippen LogP contribution in [0.1, 0.15) is 31.5 Å². The van der Waals surface area contributed by atoms with E-state index in [2.05, 4.69) is 20.3 Å². The molecule has 4 aliphatic rings. The van der Waals surface area contributed by atoms with Crippen LogP contribution in [0.5, 0.6) is 0 Å². The van der Waals surface area contributed by atoms with Gasteiger partial charge in [0.25, 0.3) is 0 Å². The number of aliphatic carboxylic acids is 1. The van der Waals surface area contributed by atoms with Crippen LogP contribution in [0.4, 0.5) is 5.82 Å². The fourth-order valence-corrected chi connectivity index (χ4v) is 5.46. The summed E-state index contributed by atoms with van der Waals surface area (Å²) in [6.07, 6.45) is 5.76. The highest BCUT2D eigenvalue weighted by molar-refractivity contribution is 6.57. The van der Waals surface area contributed by atoms with Crippen molar-refractivity contribution in [1.82, 2.24) is 9.97 Å². The second-order valence-corrected chi connectivity index (χ2v) is 8.84. The number of carboxylic acid groups (broad SMARTS) is 1. The molecule has 1 aliphatic heterocycles. The van der Waals surface area contributed by atoms with E-state index in [1.54, 1.807) is 0 Å². The van der Waals surface area contributed by atoms with Crippen LogP contribution in [0.15, 0.2) is 47.6 Å². The Kier molecular flexibility index (Phi) is 5.20. The van der Waals surface area contributed by atoms with E-state index < -0.39 is 5.97 Å². The van der Waals surface area contributed by atoms with Crippen molar-refractivity contribution in [3.8, 4) is 11.3 Å². The number of amidine groups is 1. The summed E-state index contributed by atoms with van der Waals surface area (Å²) in [6.45, 7) is 0.554.